The van der Waals surface area contributed by atoms with Crippen molar-refractivity contribution in [3.05, 3.63) is 16.1 Å². The number of nitrogens with zero attached hydrogens (tertiary/aromatic N) is 1. The summed E-state index contributed by atoms with van der Waals surface area (Å²) in [6.45, 7) is 10.2. The molecule has 0 saturated heterocycles. The third-order valence-electron chi connectivity index (χ3n) is 3.75. The van der Waals surface area contributed by atoms with Gasteiger partial charge in [-0.25, -0.2) is 4.98 Å². The average Bonchev–Trinajstić information content (AvgIpc) is 2.81. The van der Waals surface area contributed by atoms with Crippen molar-refractivity contribution in [2.45, 2.75) is 58.9 Å². The van der Waals surface area contributed by atoms with E-state index in [1.165, 1.54) is 30.7 Å². The first kappa shape index (κ1) is 13.0. The van der Waals surface area contributed by atoms with Crippen LogP contribution >= 0.6 is 11.3 Å². The Balaban J connectivity index is 2.25. The molecule has 1 fully saturated rings. The van der Waals surface area contributed by atoms with Gasteiger partial charge in [0, 0.05) is 11.1 Å². The molecule has 1 aromatic heterocycles. The Hall–Kier alpha value is -0.410. The van der Waals surface area contributed by atoms with E-state index in [0.717, 1.165) is 12.2 Å². The van der Waals surface area contributed by atoms with Crippen LogP contribution in [0.4, 0.5) is 0 Å². The molecule has 2 rings (SSSR count). The number of thiazole rings is 1. The summed E-state index contributed by atoms with van der Waals surface area (Å²) in [5.74, 6) is 0. The fourth-order valence-corrected chi connectivity index (χ4v) is 3.90. The molecule has 0 spiro atoms. The van der Waals surface area contributed by atoms with Crippen LogP contribution in [0.25, 0.3) is 0 Å². The summed E-state index contributed by atoms with van der Waals surface area (Å²) in [6.07, 6.45) is 4.93. The summed E-state index contributed by atoms with van der Waals surface area (Å²) in [6, 6.07) is 0. The molecule has 1 aliphatic rings. The van der Waals surface area contributed by atoms with Crippen LogP contribution in [-0.2, 0) is 5.54 Å². The second-order valence-electron chi connectivity index (χ2n) is 6.14. The van der Waals surface area contributed by atoms with Gasteiger partial charge in [-0.2, -0.15) is 0 Å². The van der Waals surface area contributed by atoms with Crippen LogP contribution in [0, 0.1) is 12.3 Å². The normalized spacial score (nSPS) is 27.5. The number of hydrogen-bond acceptors (Lipinski definition) is 3. The number of hydrogen-bond donors (Lipinski definition) is 1. The molecular weight excluding hydrogens is 228 g/mol. The van der Waals surface area contributed by atoms with Gasteiger partial charge in [0.25, 0.3) is 0 Å². The lowest BCUT2D eigenvalue weighted by Crippen LogP contribution is -2.41. The predicted octanol–water partition coefficient (Wildman–Crippen LogP) is 3.86. The molecule has 1 unspecified atom stereocenters. The maximum absolute atomic E-state index is 4.74. The molecule has 96 valence electrons. The molecule has 1 atom stereocenters. The van der Waals surface area contributed by atoms with Crippen molar-refractivity contribution in [3.8, 4) is 0 Å². The summed E-state index contributed by atoms with van der Waals surface area (Å²) in [4.78, 5) is 4.74. The standard InChI is InChI=1S/C14H24N2S/c1-5-8-15-14(7-6-13(3,4)10-14)12-16-11(2)9-17-12/h9,15H,5-8,10H2,1-4H3. The SMILES string of the molecule is CCCNC1(c2nc(C)cs2)CCC(C)(C)C1. The highest BCUT2D eigenvalue weighted by Gasteiger charge is 2.45. The number of rotatable bonds is 4. The van der Waals surface area contributed by atoms with Crippen molar-refractivity contribution in [3.63, 3.8) is 0 Å². The summed E-state index contributed by atoms with van der Waals surface area (Å²) < 4.78 is 0. The molecule has 0 radical (unpaired) electrons. The molecule has 1 aliphatic carbocycles. The first-order valence-electron chi connectivity index (χ1n) is 6.65. The molecule has 0 amide bonds. The van der Waals surface area contributed by atoms with E-state index >= 15 is 0 Å². The molecular formula is C14H24N2S. The molecule has 1 saturated carbocycles. The topological polar surface area (TPSA) is 24.9 Å². The second-order valence-corrected chi connectivity index (χ2v) is 7.00. The van der Waals surface area contributed by atoms with E-state index in [0.29, 0.717) is 5.41 Å². The van der Waals surface area contributed by atoms with E-state index in [1.54, 1.807) is 0 Å². The van der Waals surface area contributed by atoms with E-state index in [4.69, 9.17) is 4.98 Å². The minimum atomic E-state index is 0.151. The minimum absolute atomic E-state index is 0.151. The first-order chi connectivity index (χ1) is 7.97. The van der Waals surface area contributed by atoms with E-state index in [-0.39, 0.29) is 5.54 Å². The molecule has 2 nitrogen and oxygen atoms in total. The Kier molecular flexibility index (Phi) is 3.60. The maximum Gasteiger partial charge on any atom is 0.113 e. The van der Waals surface area contributed by atoms with Crippen LogP contribution in [0.1, 0.15) is 57.2 Å². The Labute approximate surface area is 109 Å². The van der Waals surface area contributed by atoms with Gasteiger partial charge in [0.2, 0.25) is 0 Å². The van der Waals surface area contributed by atoms with E-state index in [1.807, 2.05) is 11.3 Å². The number of aryl methyl sites for hydroxylation is 1. The molecule has 1 heterocycles. The van der Waals surface area contributed by atoms with E-state index < -0.39 is 0 Å². The van der Waals surface area contributed by atoms with Crippen LogP contribution in [0.2, 0.25) is 0 Å². The Morgan fingerprint density at radius 3 is 2.65 bits per heavy atom. The van der Waals surface area contributed by atoms with E-state index in [9.17, 15) is 0 Å². The molecule has 17 heavy (non-hydrogen) atoms. The molecule has 0 aliphatic heterocycles. The lowest BCUT2D eigenvalue weighted by molar-refractivity contribution is 0.288. The van der Waals surface area contributed by atoms with Gasteiger partial charge < -0.3 is 5.32 Å². The van der Waals surface area contributed by atoms with Gasteiger partial charge in [0.15, 0.2) is 0 Å². The first-order valence-corrected chi connectivity index (χ1v) is 7.53. The maximum atomic E-state index is 4.74. The van der Waals surface area contributed by atoms with Crippen molar-refractivity contribution in [1.29, 1.82) is 0 Å². The average molecular weight is 252 g/mol. The highest BCUT2D eigenvalue weighted by atomic mass is 32.1. The Morgan fingerprint density at radius 2 is 2.18 bits per heavy atom. The highest BCUT2D eigenvalue weighted by molar-refractivity contribution is 7.09. The number of aromatic nitrogens is 1. The van der Waals surface area contributed by atoms with Crippen LogP contribution in [-0.4, -0.2) is 11.5 Å². The summed E-state index contributed by atoms with van der Waals surface area (Å²) in [7, 11) is 0. The van der Waals surface area contributed by atoms with Gasteiger partial charge in [-0.05, 0) is 44.6 Å². The molecule has 3 heteroatoms. The van der Waals surface area contributed by atoms with Crippen molar-refractivity contribution >= 4 is 11.3 Å². The summed E-state index contributed by atoms with van der Waals surface area (Å²) in [5, 5.41) is 7.25. The van der Waals surface area contributed by atoms with Crippen LogP contribution in [0.3, 0.4) is 0 Å². The monoisotopic (exact) mass is 252 g/mol. The van der Waals surface area contributed by atoms with E-state index in [2.05, 4.69) is 38.4 Å². The van der Waals surface area contributed by atoms with Gasteiger partial charge in [0.1, 0.15) is 5.01 Å². The van der Waals surface area contributed by atoms with Crippen molar-refractivity contribution in [1.82, 2.24) is 10.3 Å². The van der Waals surface area contributed by atoms with Crippen LogP contribution in [0.15, 0.2) is 5.38 Å². The zero-order chi connectivity index (χ0) is 12.5. The van der Waals surface area contributed by atoms with Crippen molar-refractivity contribution < 1.29 is 0 Å². The van der Waals surface area contributed by atoms with Gasteiger partial charge in [0.05, 0.1) is 5.54 Å². The molecule has 0 bridgehead atoms. The fraction of sp³-hybridized carbons (Fsp3) is 0.786. The molecule has 0 aromatic carbocycles. The zero-order valence-electron chi connectivity index (χ0n) is 11.5. The fourth-order valence-electron chi connectivity index (χ4n) is 2.89. The molecule has 1 N–H and O–H groups in total. The Morgan fingerprint density at radius 1 is 1.41 bits per heavy atom. The summed E-state index contributed by atoms with van der Waals surface area (Å²) >= 11 is 1.82. The number of nitrogens with one attached hydrogen (secondary N) is 1. The predicted molar refractivity (Wildman–Crippen MR) is 74.5 cm³/mol. The third-order valence-corrected chi connectivity index (χ3v) is 4.91. The highest BCUT2D eigenvalue weighted by Crippen LogP contribution is 2.49. The lowest BCUT2D eigenvalue weighted by Gasteiger charge is -2.30. The Bertz CT molecular complexity index is 383. The quantitative estimate of drug-likeness (QED) is 0.880. The second kappa shape index (κ2) is 4.69. The van der Waals surface area contributed by atoms with Crippen molar-refractivity contribution in [2.24, 2.45) is 5.41 Å². The zero-order valence-corrected chi connectivity index (χ0v) is 12.3. The van der Waals surface area contributed by atoms with Crippen LogP contribution < -0.4 is 5.32 Å². The van der Waals surface area contributed by atoms with Gasteiger partial charge in [-0.15, -0.1) is 11.3 Å². The van der Waals surface area contributed by atoms with Gasteiger partial charge in [-0.3, -0.25) is 0 Å². The molecule has 1 aromatic rings. The van der Waals surface area contributed by atoms with Crippen LogP contribution in [0.5, 0.6) is 0 Å². The van der Waals surface area contributed by atoms with Gasteiger partial charge >= 0.3 is 0 Å². The van der Waals surface area contributed by atoms with Gasteiger partial charge in [-0.1, -0.05) is 20.8 Å². The minimum Gasteiger partial charge on any atom is -0.305 e. The largest absolute Gasteiger partial charge is 0.305 e. The lowest BCUT2D eigenvalue weighted by atomic mass is 9.88. The third kappa shape index (κ3) is 2.71. The van der Waals surface area contributed by atoms with Crippen molar-refractivity contribution in [2.75, 3.05) is 6.54 Å². The smallest absolute Gasteiger partial charge is 0.113 e. The summed E-state index contributed by atoms with van der Waals surface area (Å²) in [5.41, 5.74) is 1.76.